The molecule has 1 amide bonds. The predicted molar refractivity (Wildman–Crippen MR) is 82.8 cm³/mol. The standard InChI is InChI=1S/C18H16FNO2/c1-11-3-8-16-15(9-11)17(21)10-12(2)20(16)18(22)13-4-6-14(19)7-5-13/h3-9,12H,10H2,1-2H3. The Kier molecular flexibility index (Phi) is 3.53. The summed E-state index contributed by atoms with van der Waals surface area (Å²) in [5.41, 5.74) is 2.60. The fourth-order valence-corrected chi connectivity index (χ4v) is 2.83. The van der Waals surface area contributed by atoms with E-state index in [1.54, 1.807) is 11.0 Å². The number of hydrogen-bond acceptors (Lipinski definition) is 2. The lowest BCUT2D eigenvalue weighted by Gasteiger charge is -2.34. The summed E-state index contributed by atoms with van der Waals surface area (Å²) in [5.74, 6) is -0.547. The number of ketones is 1. The number of carbonyl (C=O) groups is 2. The van der Waals surface area contributed by atoms with Gasteiger partial charge in [-0.15, -0.1) is 0 Å². The van der Waals surface area contributed by atoms with E-state index in [2.05, 4.69) is 0 Å². The number of anilines is 1. The molecule has 0 saturated carbocycles. The monoisotopic (exact) mass is 297 g/mol. The van der Waals surface area contributed by atoms with Gasteiger partial charge in [0, 0.05) is 23.6 Å². The summed E-state index contributed by atoms with van der Waals surface area (Å²) < 4.78 is 13.0. The maximum Gasteiger partial charge on any atom is 0.258 e. The van der Waals surface area contributed by atoms with Gasteiger partial charge in [-0.1, -0.05) is 11.6 Å². The largest absolute Gasteiger partial charge is 0.304 e. The second kappa shape index (κ2) is 5.37. The number of benzene rings is 2. The van der Waals surface area contributed by atoms with E-state index in [0.29, 0.717) is 23.2 Å². The zero-order valence-electron chi connectivity index (χ0n) is 12.5. The molecule has 0 radical (unpaired) electrons. The van der Waals surface area contributed by atoms with Gasteiger partial charge in [0.1, 0.15) is 5.82 Å². The molecule has 3 nitrogen and oxygen atoms in total. The van der Waals surface area contributed by atoms with Crippen LogP contribution in [0.4, 0.5) is 10.1 Å². The van der Waals surface area contributed by atoms with E-state index >= 15 is 0 Å². The highest BCUT2D eigenvalue weighted by atomic mass is 19.1. The van der Waals surface area contributed by atoms with Crippen molar-refractivity contribution < 1.29 is 14.0 Å². The van der Waals surface area contributed by atoms with Crippen molar-refractivity contribution in [3.8, 4) is 0 Å². The Bertz CT molecular complexity index is 752. The molecular weight excluding hydrogens is 281 g/mol. The van der Waals surface area contributed by atoms with Crippen LogP contribution >= 0.6 is 0 Å². The number of halogens is 1. The first kappa shape index (κ1) is 14.4. The minimum Gasteiger partial charge on any atom is -0.304 e. The number of fused-ring (bicyclic) bond motifs is 1. The van der Waals surface area contributed by atoms with Gasteiger partial charge in [-0.3, -0.25) is 9.59 Å². The number of hydrogen-bond donors (Lipinski definition) is 0. The van der Waals surface area contributed by atoms with Crippen LogP contribution < -0.4 is 4.90 Å². The summed E-state index contributed by atoms with van der Waals surface area (Å²) in [6, 6.07) is 10.7. The zero-order valence-corrected chi connectivity index (χ0v) is 12.5. The molecule has 0 aliphatic carbocycles. The lowest BCUT2D eigenvalue weighted by atomic mass is 9.93. The predicted octanol–water partition coefficient (Wildman–Crippen LogP) is 3.76. The molecule has 2 aromatic rings. The smallest absolute Gasteiger partial charge is 0.258 e. The molecule has 1 aliphatic heterocycles. The molecule has 0 saturated heterocycles. The van der Waals surface area contributed by atoms with Gasteiger partial charge in [-0.05, 0) is 50.2 Å². The van der Waals surface area contributed by atoms with Crippen LogP contribution in [-0.2, 0) is 0 Å². The van der Waals surface area contributed by atoms with Gasteiger partial charge < -0.3 is 4.90 Å². The molecule has 22 heavy (non-hydrogen) atoms. The lowest BCUT2D eigenvalue weighted by Crippen LogP contribution is -2.44. The highest BCUT2D eigenvalue weighted by molar-refractivity contribution is 6.14. The fraction of sp³-hybridized carbons (Fsp3) is 0.222. The van der Waals surface area contributed by atoms with Gasteiger partial charge in [-0.2, -0.15) is 0 Å². The molecule has 4 heteroatoms. The fourth-order valence-electron chi connectivity index (χ4n) is 2.83. The molecular formula is C18H16FNO2. The van der Waals surface area contributed by atoms with Crippen molar-refractivity contribution in [1.82, 2.24) is 0 Å². The van der Waals surface area contributed by atoms with Crippen LogP contribution in [0.1, 0.15) is 39.6 Å². The van der Waals surface area contributed by atoms with Crippen molar-refractivity contribution >= 4 is 17.4 Å². The molecule has 0 N–H and O–H groups in total. The quantitative estimate of drug-likeness (QED) is 0.803. The summed E-state index contributed by atoms with van der Waals surface area (Å²) in [7, 11) is 0. The van der Waals surface area contributed by atoms with Crippen molar-refractivity contribution in [2.75, 3.05) is 4.90 Å². The Morgan fingerprint density at radius 3 is 2.55 bits per heavy atom. The van der Waals surface area contributed by atoms with Gasteiger partial charge >= 0.3 is 0 Å². The minimum atomic E-state index is -0.380. The first-order valence-corrected chi connectivity index (χ1v) is 7.20. The van der Waals surface area contributed by atoms with Crippen LogP contribution in [0.5, 0.6) is 0 Å². The van der Waals surface area contributed by atoms with Crippen molar-refractivity contribution in [3.63, 3.8) is 0 Å². The normalized spacial score (nSPS) is 17.3. The van der Waals surface area contributed by atoms with Gasteiger partial charge in [-0.25, -0.2) is 4.39 Å². The first-order chi connectivity index (χ1) is 10.5. The highest BCUT2D eigenvalue weighted by Gasteiger charge is 2.33. The summed E-state index contributed by atoms with van der Waals surface area (Å²) >= 11 is 0. The topological polar surface area (TPSA) is 37.4 Å². The Morgan fingerprint density at radius 1 is 1.18 bits per heavy atom. The average molecular weight is 297 g/mol. The summed E-state index contributed by atoms with van der Waals surface area (Å²) in [5, 5.41) is 0. The van der Waals surface area contributed by atoms with Crippen LogP contribution in [0.15, 0.2) is 42.5 Å². The summed E-state index contributed by atoms with van der Waals surface area (Å²) in [6.07, 6.45) is 0.295. The first-order valence-electron chi connectivity index (χ1n) is 7.20. The molecule has 1 aliphatic rings. The molecule has 0 aromatic heterocycles. The van der Waals surface area contributed by atoms with E-state index < -0.39 is 0 Å². The highest BCUT2D eigenvalue weighted by Crippen LogP contribution is 2.32. The number of nitrogens with zero attached hydrogens (tertiary/aromatic N) is 1. The molecule has 0 bridgehead atoms. The molecule has 1 heterocycles. The maximum atomic E-state index is 13.0. The van der Waals surface area contributed by atoms with Gasteiger partial charge in [0.2, 0.25) is 0 Å². The van der Waals surface area contributed by atoms with Crippen molar-refractivity contribution in [2.45, 2.75) is 26.3 Å². The van der Waals surface area contributed by atoms with E-state index in [-0.39, 0.29) is 23.5 Å². The van der Waals surface area contributed by atoms with Crippen LogP contribution in [0, 0.1) is 12.7 Å². The SMILES string of the molecule is Cc1ccc2c(c1)C(=O)CC(C)N2C(=O)c1ccc(F)cc1. The molecule has 2 aromatic carbocycles. The number of carbonyl (C=O) groups excluding carboxylic acids is 2. The van der Waals surface area contributed by atoms with Gasteiger partial charge in [0.25, 0.3) is 5.91 Å². The van der Waals surface area contributed by atoms with Crippen LogP contribution in [0.3, 0.4) is 0 Å². The summed E-state index contributed by atoms with van der Waals surface area (Å²) in [4.78, 5) is 26.6. The van der Waals surface area contributed by atoms with E-state index in [4.69, 9.17) is 0 Å². The van der Waals surface area contributed by atoms with Crippen LogP contribution in [0.25, 0.3) is 0 Å². The van der Waals surface area contributed by atoms with Crippen LogP contribution in [0.2, 0.25) is 0 Å². The Hall–Kier alpha value is -2.49. The number of Topliss-reactive ketones (excluding diaryl/α,β-unsaturated/α-hetero) is 1. The molecule has 0 spiro atoms. The van der Waals surface area contributed by atoms with Crippen molar-refractivity contribution in [1.29, 1.82) is 0 Å². The summed E-state index contributed by atoms with van der Waals surface area (Å²) in [6.45, 7) is 3.76. The Balaban J connectivity index is 2.06. The second-order valence-corrected chi connectivity index (χ2v) is 5.68. The van der Waals surface area contributed by atoms with E-state index in [1.807, 2.05) is 26.0 Å². The molecule has 1 atom stereocenters. The number of aryl methyl sites for hydroxylation is 1. The molecule has 1 unspecified atom stereocenters. The molecule has 0 fully saturated rings. The average Bonchev–Trinajstić information content (AvgIpc) is 2.48. The second-order valence-electron chi connectivity index (χ2n) is 5.68. The molecule has 3 rings (SSSR count). The lowest BCUT2D eigenvalue weighted by molar-refractivity contribution is 0.0936. The van der Waals surface area contributed by atoms with E-state index in [0.717, 1.165) is 5.56 Å². The Morgan fingerprint density at radius 2 is 1.86 bits per heavy atom. The van der Waals surface area contributed by atoms with E-state index in [1.165, 1.54) is 24.3 Å². The minimum absolute atomic E-state index is 0.0503. The van der Waals surface area contributed by atoms with Crippen molar-refractivity contribution in [3.05, 3.63) is 65.0 Å². The number of rotatable bonds is 1. The van der Waals surface area contributed by atoms with Gasteiger partial charge in [0.05, 0.1) is 5.69 Å². The Labute approximate surface area is 128 Å². The van der Waals surface area contributed by atoms with Crippen LogP contribution in [-0.4, -0.2) is 17.7 Å². The number of amides is 1. The third-order valence-corrected chi connectivity index (χ3v) is 3.94. The maximum absolute atomic E-state index is 13.0. The van der Waals surface area contributed by atoms with Crippen molar-refractivity contribution in [2.24, 2.45) is 0 Å². The molecule has 112 valence electrons. The third kappa shape index (κ3) is 2.41. The van der Waals surface area contributed by atoms with E-state index in [9.17, 15) is 14.0 Å². The van der Waals surface area contributed by atoms with Gasteiger partial charge in [0.15, 0.2) is 5.78 Å². The zero-order chi connectivity index (χ0) is 15.9. The third-order valence-electron chi connectivity index (χ3n) is 3.94.